The first kappa shape index (κ1) is 24.9. The molecule has 8 heteroatoms. The van der Waals surface area contributed by atoms with Crippen molar-refractivity contribution in [1.82, 2.24) is 15.6 Å². The molecule has 28 heavy (non-hydrogen) atoms. The molecule has 1 fully saturated rings. The molecule has 1 aromatic rings. The van der Waals surface area contributed by atoms with E-state index in [0.29, 0.717) is 5.92 Å². The number of halogens is 1. The number of hydrogen-bond donors (Lipinski definition) is 3. The summed E-state index contributed by atoms with van der Waals surface area (Å²) in [5.74, 6) is 2.47. The fourth-order valence-corrected chi connectivity index (χ4v) is 2.91. The zero-order valence-electron chi connectivity index (χ0n) is 17.0. The van der Waals surface area contributed by atoms with Crippen molar-refractivity contribution in [3.63, 3.8) is 0 Å². The van der Waals surface area contributed by atoms with Gasteiger partial charge in [-0.3, -0.25) is 4.99 Å². The van der Waals surface area contributed by atoms with Gasteiger partial charge in [-0.1, -0.05) is 6.07 Å². The number of ether oxygens (including phenoxy) is 2. The van der Waals surface area contributed by atoms with Crippen LogP contribution in [-0.4, -0.2) is 64.1 Å². The Hall–Kier alpha value is -1.13. The number of hydrogen-bond acceptors (Lipinski definition) is 5. The van der Waals surface area contributed by atoms with Crippen LogP contribution in [-0.2, 0) is 9.47 Å². The number of pyridine rings is 1. The van der Waals surface area contributed by atoms with Gasteiger partial charge in [-0.25, -0.2) is 4.98 Å². The standard InChI is InChI=1S/C20H35N5O2.HI/c1-21-20(24-12-5-4-11-23-19-7-2-3-10-22-19)25-13-6-14-27-17-18-8-15-26-16-9-18;/h2-3,7,10,18H,4-6,8-9,11-17H2,1H3,(H,22,23)(H2,21,24,25);1H. The monoisotopic (exact) mass is 505 g/mol. The summed E-state index contributed by atoms with van der Waals surface area (Å²) in [5.41, 5.74) is 0. The van der Waals surface area contributed by atoms with Crippen molar-refractivity contribution in [3.8, 4) is 0 Å². The molecule has 0 radical (unpaired) electrons. The summed E-state index contributed by atoms with van der Waals surface area (Å²) in [6, 6.07) is 5.89. The molecule has 1 saturated heterocycles. The summed E-state index contributed by atoms with van der Waals surface area (Å²) in [4.78, 5) is 8.51. The van der Waals surface area contributed by atoms with Crippen LogP contribution in [0.4, 0.5) is 5.82 Å². The second-order valence-corrected chi connectivity index (χ2v) is 6.76. The van der Waals surface area contributed by atoms with Crippen LogP contribution in [0.15, 0.2) is 29.4 Å². The minimum Gasteiger partial charge on any atom is -0.381 e. The first-order valence-electron chi connectivity index (χ1n) is 10.1. The van der Waals surface area contributed by atoms with Gasteiger partial charge in [0, 0.05) is 59.3 Å². The molecule has 2 heterocycles. The predicted octanol–water partition coefficient (Wildman–Crippen LogP) is 2.89. The van der Waals surface area contributed by atoms with Gasteiger partial charge >= 0.3 is 0 Å². The van der Waals surface area contributed by atoms with Crippen molar-refractivity contribution >= 4 is 35.8 Å². The van der Waals surface area contributed by atoms with Crippen LogP contribution in [0.5, 0.6) is 0 Å². The Morgan fingerprint density at radius 2 is 1.89 bits per heavy atom. The summed E-state index contributed by atoms with van der Waals surface area (Å²) >= 11 is 0. The van der Waals surface area contributed by atoms with Gasteiger partial charge in [-0.05, 0) is 50.2 Å². The molecule has 1 aromatic heterocycles. The average molecular weight is 505 g/mol. The van der Waals surface area contributed by atoms with E-state index in [-0.39, 0.29) is 24.0 Å². The number of anilines is 1. The van der Waals surface area contributed by atoms with Gasteiger partial charge in [0.05, 0.1) is 0 Å². The van der Waals surface area contributed by atoms with Crippen molar-refractivity contribution in [2.24, 2.45) is 10.9 Å². The maximum atomic E-state index is 5.78. The third kappa shape index (κ3) is 11.7. The van der Waals surface area contributed by atoms with Crippen LogP contribution in [0.3, 0.4) is 0 Å². The maximum Gasteiger partial charge on any atom is 0.190 e. The van der Waals surface area contributed by atoms with Crippen molar-refractivity contribution < 1.29 is 9.47 Å². The van der Waals surface area contributed by atoms with E-state index in [1.807, 2.05) is 18.2 Å². The molecule has 0 bridgehead atoms. The molecule has 3 N–H and O–H groups in total. The quantitative estimate of drug-likeness (QED) is 0.176. The van der Waals surface area contributed by atoms with Gasteiger partial charge in [-0.2, -0.15) is 0 Å². The maximum absolute atomic E-state index is 5.78. The van der Waals surface area contributed by atoms with Crippen LogP contribution in [0.1, 0.15) is 32.1 Å². The van der Waals surface area contributed by atoms with Crippen molar-refractivity contribution in [2.75, 3.05) is 58.4 Å². The van der Waals surface area contributed by atoms with Gasteiger partial charge in [0.2, 0.25) is 0 Å². The van der Waals surface area contributed by atoms with E-state index in [2.05, 4.69) is 25.9 Å². The second kappa shape index (κ2) is 16.8. The Morgan fingerprint density at radius 1 is 1.14 bits per heavy atom. The lowest BCUT2D eigenvalue weighted by atomic mass is 10.0. The Labute approximate surface area is 186 Å². The third-order valence-electron chi connectivity index (χ3n) is 4.54. The Kier molecular flexibility index (Phi) is 14.9. The number of aromatic nitrogens is 1. The van der Waals surface area contributed by atoms with Gasteiger partial charge in [0.1, 0.15) is 5.82 Å². The highest BCUT2D eigenvalue weighted by Gasteiger charge is 2.13. The summed E-state index contributed by atoms with van der Waals surface area (Å²) < 4.78 is 11.1. The molecule has 1 aliphatic heterocycles. The Bertz CT molecular complexity index is 513. The molecule has 7 nitrogen and oxygen atoms in total. The number of rotatable bonds is 12. The second-order valence-electron chi connectivity index (χ2n) is 6.76. The molecular formula is C20H36IN5O2. The first-order chi connectivity index (χ1) is 13.4. The number of unbranched alkanes of at least 4 members (excludes halogenated alkanes) is 1. The molecule has 0 unspecified atom stereocenters. The molecule has 0 amide bonds. The summed E-state index contributed by atoms with van der Waals surface area (Å²) in [7, 11) is 1.81. The highest BCUT2D eigenvalue weighted by Crippen LogP contribution is 2.14. The zero-order valence-corrected chi connectivity index (χ0v) is 19.3. The van der Waals surface area contributed by atoms with Crippen LogP contribution in [0.25, 0.3) is 0 Å². The number of nitrogens with one attached hydrogen (secondary N) is 3. The van der Waals surface area contributed by atoms with Crippen LogP contribution < -0.4 is 16.0 Å². The molecule has 0 aromatic carbocycles. The molecule has 0 atom stereocenters. The molecule has 1 aliphatic rings. The predicted molar refractivity (Wildman–Crippen MR) is 126 cm³/mol. The van der Waals surface area contributed by atoms with Crippen LogP contribution >= 0.6 is 24.0 Å². The van der Waals surface area contributed by atoms with Gasteiger partial charge in [-0.15, -0.1) is 24.0 Å². The highest BCUT2D eigenvalue weighted by atomic mass is 127. The fraction of sp³-hybridized carbons (Fsp3) is 0.700. The lowest BCUT2D eigenvalue weighted by Gasteiger charge is -2.21. The normalized spacial score (nSPS) is 15.0. The largest absolute Gasteiger partial charge is 0.381 e. The lowest BCUT2D eigenvalue weighted by Crippen LogP contribution is -2.38. The Morgan fingerprint density at radius 3 is 2.61 bits per heavy atom. The van der Waals surface area contributed by atoms with Crippen molar-refractivity contribution in [3.05, 3.63) is 24.4 Å². The van der Waals surface area contributed by atoms with Crippen molar-refractivity contribution in [2.45, 2.75) is 32.1 Å². The van der Waals surface area contributed by atoms with E-state index in [9.17, 15) is 0 Å². The van der Waals surface area contributed by atoms with E-state index >= 15 is 0 Å². The molecule has 160 valence electrons. The molecule has 0 spiro atoms. The summed E-state index contributed by atoms with van der Waals surface area (Å²) in [5, 5.41) is 10.0. The molecule has 2 rings (SSSR count). The highest BCUT2D eigenvalue weighted by molar-refractivity contribution is 14.0. The minimum absolute atomic E-state index is 0. The van der Waals surface area contributed by atoms with Crippen LogP contribution in [0, 0.1) is 5.92 Å². The molecule has 0 saturated carbocycles. The molecule has 0 aliphatic carbocycles. The van der Waals surface area contributed by atoms with E-state index in [0.717, 1.165) is 89.9 Å². The zero-order chi connectivity index (χ0) is 19.0. The number of aliphatic imine (C=N–C) groups is 1. The van der Waals surface area contributed by atoms with E-state index in [1.54, 1.807) is 13.2 Å². The topological polar surface area (TPSA) is 79.8 Å². The summed E-state index contributed by atoms with van der Waals surface area (Å²) in [6.07, 6.45) is 7.21. The first-order valence-corrected chi connectivity index (χ1v) is 10.1. The SMILES string of the molecule is CN=C(NCCCCNc1ccccn1)NCCCOCC1CCOCC1.I. The van der Waals surface area contributed by atoms with E-state index in [1.165, 1.54) is 0 Å². The average Bonchev–Trinajstić information content (AvgIpc) is 2.73. The third-order valence-corrected chi connectivity index (χ3v) is 4.54. The Balaban J connectivity index is 0.00000392. The van der Waals surface area contributed by atoms with Gasteiger partial charge in [0.25, 0.3) is 0 Å². The van der Waals surface area contributed by atoms with Crippen molar-refractivity contribution in [1.29, 1.82) is 0 Å². The smallest absolute Gasteiger partial charge is 0.190 e. The van der Waals surface area contributed by atoms with E-state index < -0.39 is 0 Å². The van der Waals surface area contributed by atoms with E-state index in [4.69, 9.17) is 9.47 Å². The number of nitrogens with zero attached hydrogens (tertiary/aromatic N) is 2. The van der Waals surface area contributed by atoms with Gasteiger partial charge < -0.3 is 25.4 Å². The fourth-order valence-electron chi connectivity index (χ4n) is 2.91. The van der Waals surface area contributed by atoms with Crippen LogP contribution in [0.2, 0.25) is 0 Å². The molecular weight excluding hydrogens is 469 g/mol. The lowest BCUT2D eigenvalue weighted by molar-refractivity contribution is 0.0203. The number of guanidine groups is 1. The summed E-state index contributed by atoms with van der Waals surface area (Å²) in [6.45, 7) is 6.13. The van der Waals surface area contributed by atoms with Gasteiger partial charge in [0.15, 0.2) is 5.96 Å². The minimum atomic E-state index is 0.